The summed E-state index contributed by atoms with van der Waals surface area (Å²) >= 11 is 0. The Balaban J connectivity index is 1.19. The lowest BCUT2D eigenvalue weighted by Gasteiger charge is -2.35. The Labute approximate surface area is 209 Å². The van der Waals surface area contributed by atoms with E-state index in [2.05, 4.69) is 14.9 Å². The summed E-state index contributed by atoms with van der Waals surface area (Å²) in [6.45, 7) is 3.97. The molecule has 0 bridgehead atoms. The molecule has 36 heavy (non-hydrogen) atoms. The van der Waals surface area contributed by atoms with Gasteiger partial charge in [-0.3, -0.25) is 9.78 Å². The molecule has 5 nitrogen and oxygen atoms in total. The third-order valence-corrected chi connectivity index (χ3v) is 7.56. The zero-order chi connectivity index (χ0) is 25.8. The first-order chi connectivity index (χ1) is 17.1. The summed E-state index contributed by atoms with van der Waals surface area (Å²) in [6, 6.07) is 3.60. The van der Waals surface area contributed by atoms with E-state index in [4.69, 9.17) is 4.42 Å². The molecular weight excluding hydrogens is 474 g/mol. The maximum Gasteiger partial charge on any atom is 0.389 e. The van der Waals surface area contributed by atoms with Crippen LogP contribution in [-0.2, 0) is 30.5 Å². The number of carbonyl (C=O) groups excluding carboxylic acids is 1. The molecule has 3 heterocycles. The van der Waals surface area contributed by atoms with E-state index in [1.54, 1.807) is 19.2 Å². The van der Waals surface area contributed by atoms with Crippen LogP contribution in [0.3, 0.4) is 0 Å². The van der Waals surface area contributed by atoms with Crippen LogP contribution in [0.1, 0.15) is 73.5 Å². The van der Waals surface area contributed by atoms with E-state index in [0.29, 0.717) is 68.8 Å². The van der Waals surface area contributed by atoms with Crippen LogP contribution >= 0.6 is 0 Å². The fraction of sp³-hybridized carbons (Fsp3) is 0.667. The fourth-order valence-electron chi connectivity index (χ4n) is 5.36. The summed E-state index contributed by atoms with van der Waals surface area (Å²) in [5, 5.41) is 0. The van der Waals surface area contributed by atoms with Crippen LogP contribution in [-0.4, -0.2) is 52.1 Å². The Morgan fingerprint density at radius 3 is 2.64 bits per heavy atom. The van der Waals surface area contributed by atoms with Crippen LogP contribution < -0.4 is 0 Å². The topological polar surface area (TPSA) is 59.2 Å². The molecular formula is C27H35F4N3O2. The molecule has 0 N–H and O–H groups in total. The molecule has 1 aliphatic heterocycles. The summed E-state index contributed by atoms with van der Waals surface area (Å²) in [5.74, 6) is 1.43. The van der Waals surface area contributed by atoms with Crippen molar-refractivity contribution in [2.24, 2.45) is 5.92 Å². The number of nitrogens with zero attached hydrogens (tertiary/aromatic N) is 3. The first-order valence-corrected chi connectivity index (χ1v) is 13.0. The summed E-state index contributed by atoms with van der Waals surface area (Å²) in [5.41, 5.74) is 1.22. The molecule has 0 aromatic carbocycles. The van der Waals surface area contributed by atoms with Crippen molar-refractivity contribution in [3.8, 4) is 0 Å². The van der Waals surface area contributed by atoms with Crippen molar-refractivity contribution in [1.82, 2.24) is 14.9 Å². The molecule has 2 aromatic heterocycles. The Bertz CT molecular complexity index is 1030. The number of aryl methyl sites for hydroxylation is 2. The standard InChI is InChI=1S/C27H35F4N3O2/c1-19-18-32-25(36-19)17-23(35)16-20-4-9-26(28,10-5-20)12-15-34-13-7-21-2-3-22(6-11-27(29,30)31)33-24(21)8-14-34/h2-3,18,20H,4-17H2,1H3. The third kappa shape index (κ3) is 7.85. The van der Waals surface area contributed by atoms with Gasteiger partial charge in [0.2, 0.25) is 5.89 Å². The van der Waals surface area contributed by atoms with Gasteiger partial charge in [0.15, 0.2) is 0 Å². The second-order valence-corrected chi connectivity index (χ2v) is 10.5. The zero-order valence-electron chi connectivity index (χ0n) is 20.9. The summed E-state index contributed by atoms with van der Waals surface area (Å²) in [7, 11) is 0. The molecule has 198 valence electrons. The third-order valence-electron chi connectivity index (χ3n) is 7.56. The lowest BCUT2D eigenvalue weighted by atomic mass is 9.76. The van der Waals surface area contributed by atoms with Crippen LogP contribution in [0.2, 0.25) is 0 Å². The van der Waals surface area contributed by atoms with Crippen LogP contribution in [0.25, 0.3) is 0 Å². The first-order valence-electron chi connectivity index (χ1n) is 13.0. The normalized spacial score (nSPS) is 23.3. The minimum Gasteiger partial charge on any atom is -0.446 e. The van der Waals surface area contributed by atoms with Gasteiger partial charge in [-0.15, -0.1) is 0 Å². The average molecular weight is 510 g/mol. The lowest BCUT2D eigenvalue weighted by molar-refractivity contribution is -0.134. The summed E-state index contributed by atoms with van der Waals surface area (Å²) in [4.78, 5) is 23.2. The quantitative estimate of drug-likeness (QED) is 0.402. The van der Waals surface area contributed by atoms with Crippen molar-refractivity contribution in [2.45, 2.75) is 89.4 Å². The van der Waals surface area contributed by atoms with Gasteiger partial charge in [0.25, 0.3) is 0 Å². The van der Waals surface area contributed by atoms with E-state index in [1.807, 2.05) is 6.07 Å². The molecule has 0 unspecified atom stereocenters. The SMILES string of the molecule is Cc1cnc(CC(=O)CC2CCC(F)(CCN3CCc4ccc(CCC(F)(F)F)nc4CC3)CC2)o1. The predicted molar refractivity (Wildman–Crippen MR) is 127 cm³/mol. The van der Waals surface area contributed by atoms with Crippen molar-refractivity contribution in [1.29, 1.82) is 0 Å². The van der Waals surface area contributed by atoms with Gasteiger partial charge in [0, 0.05) is 50.3 Å². The highest BCUT2D eigenvalue weighted by Crippen LogP contribution is 2.39. The Morgan fingerprint density at radius 1 is 1.19 bits per heavy atom. The molecule has 2 aliphatic rings. The highest BCUT2D eigenvalue weighted by molar-refractivity contribution is 5.80. The number of pyridine rings is 1. The van der Waals surface area contributed by atoms with Crippen molar-refractivity contribution < 1.29 is 26.8 Å². The molecule has 9 heteroatoms. The second-order valence-electron chi connectivity index (χ2n) is 10.5. The van der Waals surface area contributed by atoms with Crippen molar-refractivity contribution in [3.05, 3.63) is 46.9 Å². The monoisotopic (exact) mass is 509 g/mol. The number of hydrogen-bond donors (Lipinski definition) is 0. The van der Waals surface area contributed by atoms with E-state index < -0.39 is 18.3 Å². The van der Waals surface area contributed by atoms with Crippen LogP contribution in [0.15, 0.2) is 22.7 Å². The molecule has 1 saturated carbocycles. The molecule has 0 atom stereocenters. The van der Waals surface area contributed by atoms with Gasteiger partial charge in [0.1, 0.15) is 17.2 Å². The number of hydrogen-bond acceptors (Lipinski definition) is 5. The smallest absolute Gasteiger partial charge is 0.389 e. The van der Waals surface area contributed by atoms with E-state index >= 15 is 4.39 Å². The Kier molecular flexibility index (Phi) is 8.48. The average Bonchev–Trinajstić information content (AvgIpc) is 3.11. The zero-order valence-corrected chi connectivity index (χ0v) is 20.9. The highest BCUT2D eigenvalue weighted by atomic mass is 19.4. The number of oxazole rings is 1. The number of aromatic nitrogens is 2. The molecule has 1 aliphatic carbocycles. The van der Waals surface area contributed by atoms with E-state index in [9.17, 15) is 18.0 Å². The van der Waals surface area contributed by atoms with E-state index in [-0.39, 0.29) is 24.5 Å². The van der Waals surface area contributed by atoms with E-state index in [1.165, 1.54) is 0 Å². The molecule has 0 radical (unpaired) electrons. The number of ketones is 1. The minimum atomic E-state index is -4.18. The number of carbonyl (C=O) groups is 1. The Hall–Kier alpha value is -2.29. The molecule has 0 amide bonds. The number of Topliss-reactive ketones (excluding diaryl/α,β-unsaturated/α-hetero) is 1. The van der Waals surface area contributed by atoms with Gasteiger partial charge >= 0.3 is 6.18 Å². The number of rotatable bonds is 9. The van der Waals surface area contributed by atoms with Crippen molar-refractivity contribution in [3.63, 3.8) is 0 Å². The van der Waals surface area contributed by atoms with Gasteiger partial charge in [-0.25, -0.2) is 9.37 Å². The molecule has 2 aromatic rings. The summed E-state index contributed by atoms with van der Waals surface area (Å²) in [6.07, 6.45) is 1.38. The molecule has 4 rings (SSSR count). The van der Waals surface area contributed by atoms with Crippen LogP contribution in [0, 0.1) is 12.8 Å². The molecule has 1 fully saturated rings. The van der Waals surface area contributed by atoms with Crippen LogP contribution in [0.5, 0.6) is 0 Å². The molecule has 0 spiro atoms. The lowest BCUT2D eigenvalue weighted by Crippen LogP contribution is -2.36. The predicted octanol–water partition coefficient (Wildman–Crippen LogP) is 5.76. The van der Waals surface area contributed by atoms with Gasteiger partial charge in [-0.1, -0.05) is 6.07 Å². The molecule has 0 saturated heterocycles. The van der Waals surface area contributed by atoms with Crippen molar-refractivity contribution in [2.75, 3.05) is 19.6 Å². The second kappa shape index (κ2) is 11.4. The van der Waals surface area contributed by atoms with E-state index in [0.717, 1.165) is 30.8 Å². The Morgan fingerprint density at radius 2 is 1.94 bits per heavy atom. The van der Waals surface area contributed by atoms with Gasteiger partial charge in [-0.2, -0.15) is 13.2 Å². The highest BCUT2D eigenvalue weighted by Gasteiger charge is 2.36. The minimum absolute atomic E-state index is 0.0903. The number of halogens is 4. The first kappa shape index (κ1) is 26.8. The van der Waals surface area contributed by atoms with Gasteiger partial charge in [0.05, 0.1) is 12.6 Å². The van der Waals surface area contributed by atoms with Gasteiger partial charge < -0.3 is 9.32 Å². The fourth-order valence-corrected chi connectivity index (χ4v) is 5.36. The maximum absolute atomic E-state index is 15.5. The largest absolute Gasteiger partial charge is 0.446 e. The summed E-state index contributed by atoms with van der Waals surface area (Å²) < 4.78 is 58.5. The number of fused-ring (bicyclic) bond motifs is 1. The number of alkyl halides is 4. The maximum atomic E-state index is 15.5. The van der Waals surface area contributed by atoms with Crippen molar-refractivity contribution >= 4 is 5.78 Å². The van der Waals surface area contributed by atoms with Crippen LogP contribution in [0.4, 0.5) is 17.6 Å². The van der Waals surface area contributed by atoms with Gasteiger partial charge in [-0.05, 0) is 69.4 Å².